The van der Waals surface area contributed by atoms with Gasteiger partial charge in [-0.1, -0.05) is 44.2 Å². The molecule has 5 heteroatoms. The minimum absolute atomic E-state index is 0.0699. The second-order valence-electron chi connectivity index (χ2n) is 5.42. The number of benzene rings is 2. The van der Waals surface area contributed by atoms with E-state index in [1.807, 2.05) is 44.2 Å². The standard InChI is InChI=1S/C18H18BrNO3/c1-12(2)18(22)20-16-9-8-14(11-15(16)19)23-17(21)10-13-6-4-3-5-7-13/h3-9,11-12H,10H2,1-2H3,(H,20,22). The van der Waals surface area contributed by atoms with E-state index in [0.29, 0.717) is 15.9 Å². The average molecular weight is 376 g/mol. The molecule has 0 fully saturated rings. The maximum atomic E-state index is 11.9. The van der Waals surface area contributed by atoms with Gasteiger partial charge in [0.2, 0.25) is 5.91 Å². The van der Waals surface area contributed by atoms with Gasteiger partial charge >= 0.3 is 5.97 Å². The molecule has 2 rings (SSSR count). The van der Waals surface area contributed by atoms with Crippen LogP contribution in [0.5, 0.6) is 5.75 Å². The summed E-state index contributed by atoms with van der Waals surface area (Å²) in [4.78, 5) is 23.7. The van der Waals surface area contributed by atoms with Gasteiger partial charge in [0.25, 0.3) is 0 Å². The molecule has 0 spiro atoms. The molecule has 0 aliphatic carbocycles. The second kappa shape index (κ2) is 7.92. The van der Waals surface area contributed by atoms with Crippen LogP contribution >= 0.6 is 15.9 Å². The molecular weight excluding hydrogens is 358 g/mol. The number of esters is 1. The second-order valence-corrected chi connectivity index (χ2v) is 6.28. The maximum Gasteiger partial charge on any atom is 0.315 e. The first kappa shape index (κ1) is 17.2. The van der Waals surface area contributed by atoms with Crippen molar-refractivity contribution in [3.05, 3.63) is 58.6 Å². The van der Waals surface area contributed by atoms with Crippen LogP contribution in [0.3, 0.4) is 0 Å². The highest BCUT2D eigenvalue weighted by molar-refractivity contribution is 9.10. The Morgan fingerprint density at radius 2 is 1.83 bits per heavy atom. The van der Waals surface area contributed by atoms with Gasteiger partial charge in [-0.15, -0.1) is 0 Å². The molecule has 0 saturated heterocycles. The first-order chi connectivity index (χ1) is 11.0. The summed E-state index contributed by atoms with van der Waals surface area (Å²) < 4.78 is 5.99. The Labute approximate surface area is 144 Å². The highest BCUT2D eigenvalue weighted by atomic mass is 79.9. The topological polar surface area (TPSA) is 55.4 Å². The van der Waals surface area contributed by atoms with Crippen LogP contribution in [0.1, 0.15) is 19.4 Å². The van der Waals surface area contributed by atoms with Crippen molar-refractivity contribution in [2.45, 2.75) is 20.3 Å². The van der Waals surface area contributed by atoms with Gasteiger partial charge in [-0.25, -0.2) is 0 Å². The molecule has 2 aromatic carbocycles. The van der Waals surface area contributed by atoms with Gasteiger partial charge in [0.1, 0.15) is 5.75 Å². The molecule has 0 radical (unpaired) electrons. The van der Waals surface area contributed by atoms with Gasteiger partial charge in [-0.2, -0.15) is 0 Å². The minimum Gasteiger partial charge on any atom is -0.426 e. The highest BCUT2D eigenvalue weighted by Crippen LogP contribution is 2.28. The molecule has 0 unspecified atom stereocenters. The zero-order valence-electron chi connectivity index (χ0n) is 13.0. The fourth-order valence-corrected chi connectivity index (χ4v) is 2.32. The van der Waals surface area contributed by atoms with Crippen LogP contribution in [0.25, 0.3) is 0 Å². The third-order valence-electron chi connectivity index (χ3n) is 3.15. The molecule has 0 aromatic heterocycles. The Kier molecular flexibility index (Phi) is 5.93. The summed E-state index contributed by atoms with van der Waals surface area (Å²) in [6.45, 7) is 3.64. The van der Waals surface area contributed by atoms with E-state index < -0.39 is 0 Å². The fourth-order valence-electron chi connectivity index (χ4n) is 1.87. The largest absolute Gasteiger partial charge is 0.426 e. The molecule has 2 aromatic rings. The summed E-state index contributed by atoms with van der Waals surface area (Å²) in [5.41, 5.74) is 1.55. The molecule has 0 bridgehead atoms. The van der Waals surface area contributed by atoms with Crippen molar-refractivity contribution in [1.82, 2.24) is 0 Å². The van der Waals surface area contributed by atoms with Gasteiger partial charge in [0.15, 0.2) is 0 Å². The number of hydrogen-bond donors (Lipinski definition) is 1. The van der Waals surface area contributed by atoms with Crippen molar-refractivity contribution in [2.24, 2.45) is 5.92 Å². The van der Waals surface area contributed by atoms with E-state index in [9.17, 15) is 9.59 Å². The van der Waals surface area contributed by atoms with Crippen molar-refractivity contribution in [1.29, 1.82) is 0 Å². The Morgan fingerprint density at radius 3 is 2.43 bits per heavy atom. The smallest absolute Gasteiger partial charge is 0.315 e. The normalized spacial score (nSPS) is 10.4. The fraction of sp³-hybridized carbons (Fsp3) is 0.222. The highest BCUT2D eigenvalue weighted by Gasteiger charge is 2.11. The van der Waals surface area contributed by atoms with Crippen molar-refractivity contribution >= 4 is 33.5 Å². The lowest BCUT2D eigenvalue weighted by atomic mass is 10.1. The zero-order chi connectivity index (χ0) is 16.8. The minimum atomic E-state index is -0.331. The predicted molar refractivity (Wildman–Crippen MR) is 93.4 cm³/mol. The number of anilines is 1. The van der Waals surface area contributed by atoms with Crippen LogP contribution < -0.4 is 10.1 Å². The Balaban J connectivity index is 2.00. The van der Waals surface area contributed by atoms with Crippen LogP contribution in [0.15, 0.2) is 53.0 Å². The summed E-state index contributed by atoms with van der Waals surface area (Å²) in [6.07, 6.45) is 0.213. The van der Waals surface area contributed by atoms with Gasteiger partial charge in [-0.05, 0) is 39.7 Å². The maximum absolute atomic E-state index is 11.9. The van der Waals surface area contributed by atoms with Crippen molar-refractivity contribution < 1.29 is 14.3 Å². The summed E-state index contributed by atoms with van der Waals surface area (Å²) in [7, 11) is 0. The first-order valence-electron chi connectivity index (χ1n) is 7.30. The molecule has 0 heterocycles. The molecule has 0 saturated carbocycles. The summed E-state index contributed by atoms with van der Waals surface area (Å²) >= 11 is 3.38. The third kappa shape index (κ3) is 5.21. The van der Waals surface area contributed by atoms with Crippen LogP contribution in [-0.2, 0) is 16.0 Å². The third-order valence-corrected chi connectivity index (χ3v) is 3.80. The molecule has 0 aliphatic heterocycles. The summed E-state index contributed by atoms with van der Waals surface area (Å²) in [5.74, 6) is -0.0767. The van der Waals surface area contributed by atoms with E-state index in [4.69, 9.17) is 4.74 Å². The van der Waals surface area contributed by atoms with Gasteiger partial charge < -0.3 is 10.1 Å². The molecule has 23 heavy (non-hydrogen) atoms. The van der Waals surface area contributed by atoms with E-state index >= 15 is 0 Å². The van der Waals surface area contributed by atoms with Crippen LogP contribution in [0, 0.1) is 5.92 Å². The molecule has 0 atom stereocenters. The zero-order valence-corrected chi connectivity index (χ0v) is 14.6. The van der Waals surface area contributed by atoms with E-state index in [1.165, 1.54) is 0 Å². The molecule has 1 amide bonds. The average Bonchev–Trinajstić information content (AvgIpc) is 2.50. The summed E-state index contributed by atoms with van der Waals surface area (Å²) in [5, 5.41) is 2.80. The first-order valence-corrected chi connectivity index (χ1v) is 8.10. The number of ether oxygens (including phenoxy) is 1. The van der Waals surface area contributed by atoms with Crippen LogP contribution in [0.2, 0.25) is 0 Å². The molecule has 0 aliphatic rings. The number of carbonyl (C=O) groups is 2. The van der Waals surface area contributed by atoms with Gasteiger partial charge in [0.05, 0.1) is 12.1 Å². The number of rotatable bonds is 5. The SMILES string of the molecule is CC(C)C(=O)Nc1ccc(OC(=O)Cc2ccccc2)cc1Br. The van der Waals surface area contributed by atoms with E-state index in [-0.39, 0.29) is 24.2 Å². The van der Waals surface area contributed by atoms with Crippen LogP contribution in [-0.4, -0.2) is 11.9 Å². The lowest BCUT2D eigenvalue weighted by Crippen LogP contribution is -2.18. The molecular formula is C18H18BrNO3. The van der Waals surface area contributed by atoms with E-state index in [0.717, 1.165) is 5.56 Å². The molecule has 4 nitrogen and oxygen atoms in total. The lowest BCUT2D eigenvalue weighted by molar-refractivity contribution is -0.133. The predicted octanol–water partition coefficient (Wildman–Crippen LogP) is 4.19. The number of hydrogen-bond acceptors (Lipinski definition) is 3. The van der Waals surface area contributed by atoms with Crippen molar-refractivity contribution in [3.8, 4) is 5.75 Å². The number of carbonyl (C=O) groups excluding carboxylic acids is 2. The Morgan fingerprint density at radius 1 is 1.13 bits per heavy atom. The van der Waals surface area contributed by atoms with Gasteiger partial charge in [0, 0.05) is 10.4 Å². The van der Waals surface area contributed by atoms with E-state index in [1.54, 1.807) is 18.2 Å². The van der Waals surface area contributed by atoms with Crippen molar-refractivity contribution in [2.75, 3.05) is 5.32 Å². The summed E-state index contributed by atoms with van der Waals surface area (Å²) in [6, 6.07) is 14.4. The number of nitrogens with one attached hydrogen (secondary N) is 1. The van der Waals surface area contributed by atoms with Gasteiger partial charge in [-0.3, -0.25) is 9.59 Å². The number of amides is 1. The quantitative estimate of drug-likeness (QED) is 0.629. The molecule has 120 valence electrons. The van der Waals surface area contributed by atoms with Crippen LogP contribution in [0.4, 0.5) is 5.69 Å². The monoisotopic (exact) mass is 375 g/mol. The Bertz CT molecular complexity index is 699. The Hall–Kier alpha value is -2.14. The lowest BCUT2D eigenvalue weighted by Gasteiger charge is -2.11. The molecule has 1 N–H and O–H groups in total. The van der Waals surface area contributed by atoms with E-state index in [2.05, 4.69) is 21.2 Å². The van der Waals surface area contributed by atoms with Crippen molar-refractivity contribution in [3.63, 3.8) is 0 Å². The number of halogens is 1.